The summed E-state index contributed by atoms with van der Waals surface area (Å²) in [6.45, 7) is 0. The Kier molecular flexibility index (Phi) is 7.70. The summed E-state index contributed by atoms with van der Waals surface area (Å²) < 4.78 is 33.3. The van der Waals surface area contributed by atoms with E-state index in [2.05, 4.69) is 25.6 Å². The van der Waals surface area contributed by atoms with Crippen LogP contribution in [-0.4, -0.2) is 71.9 Å². The van der Waals surface area contributed by atoms with Crippen LogP contribution in [0.3, 0.4) is 0 Å². The van der Waals surface area contributed by atoms with Gasteiger partial charge in [-0.3, -0.25) is 14.4 Å². The van der Waals surface area contributed by atoms with E-state index < -0.39 is 40.1 Å². The van der Waals surface area contributed by atoms with E-state index in [0.29, 0.717) is 0 Å². The van der Waals surface area contributed by atoms with Crippen LogP contribution >= 0.6 is 11.3 Å². The monoisotopic (exact) mass is 428 g/mol. The Balaban J connectivity index is 0.00000364. The van der Waals surface area contributed by atoms with Gasteiger partial charge < -0.3 is 25.8 Å². The topological polar surface area (TPSA) is 196 Å². The van der Waals surface area contributed by atoms with E-state index in [4.69, 9.17) is 5.73 Å². The van der Waals surface area contributed by atoms with E-state index >= 15 is 0 Å². The summed E-state index contributed by atoms with van der Waals surface area (Å²) in [5, 5.41) is 9.29. The Morgan fingerprint density at radius 1 is 1.48 bits per heavy atom. The van der Waals surface area contributed by atoms with Gasteiger partial charge in [-0.25, -0.2) is 17.7 Å². The van der Waals surface area contributed by atoms with Crippen molar-refractivity contribution in [1.82, 2.24) is 19.9 Å². The van der Waals surface area contributed by atoms with Crippen molar-refractivity contribution in [3.8, 4) is 0 Å². The SMILES string of the molecule is CNC(=O)[C@H]1[C@@H](NC(=O)/C(=N\OC)c2csc(N)n2)C(=O)N1S(=O)(=O)[O-].[Na+]. The van der Waals surface area contributed by atoms with Gasteiger partial charge in [0.05, 0.1) is 0 Å². The first-order valence-electron chi connectivity index (χ1n) is 6.75. The molecule has 0 saturated carbocycles. The molecule has 0 radical (unpaired) electrons. The van der Waals surface area contributed by atoms with Gasteiger partial charge in [0.25, 0.3) is 11.8 Å². The quantitative estimate of drug-likeness (QED) is 0.130. The number of thiazole rings is 1. The minimum absolute atomic E-state index is 0. The van der Waals surface area contributed by atoms with E-state index in [1.54, 1.807) is 0 Å². The number of hydrogen-bond donors (Lipinski definition) is 3. The minimum Gasteiger partial charge on any atom is -0.731 e. The molecule has 0 aromatic carbocycles. The van der Waals surface area contributed by atoms with Crippen molar-refractivity contribution in [3.05, 3.63) is 11.1 Å². The molecule has 3 amide bonds. The number of hydrogen-bond acceptors (Lipinski definition) is 11. The third-order valence-electron chi connectivity index (χ3n) is 3.26. The van der Waals surface area contributed by atoms with Crippen LogP contribution < -0.4 is 45.9 Å². The van der Waals surface area contributed by atoms with Gasteiger partial charge in [-0.05, 0) is 0 Å². The molecule has 1 aliphatic heterocycles. The molecule has 16 heteroatoms. The molecule has 1 saturated heterocycles. The maximum Gasteiger partial charge on any atom is 1.00 e. The minimum atomic E-state index is -5.23. The number of amides is 3. The van der Waals surface area contributed by atoms with Crippen molar-refractivity contribution in [1.29, 1.82) is 0 Å². The van der Waals surface area contributed by atoms with Crippen molar-refractivity contribution in [2.24, 2.45) is 5.16 Å². The smallest absolute Gasteiger partial charge is 0.731 e. The predicted octanol–water partition coefficient (Wildman–Crippen LogP) is -6.02. The third kappa shape index (κ3) is 4.74. The van der Waals surface area contributed by atoms with E-state index in [0.717, 1.165) is 18.4 Å². The van der Waals surface area contributed by atoms with Crippen LogP contribution in [0, 0.1) is 0 Å². The Morgan fingerprint density at radius 3 is 2.56 bits per heavy atom. The Morgan fingerprint density at radius 2 is 2.11 bits per heavy atom. The van der Waals surface area contributed by atoms with Gasteiger partial charge in [-0.2, -0.15) is 0 Å². The van der Waals surface area contributed by atoms with Crippen molar-refractivity contribution in [2.75, 3.05) is 19.9 Å². The molecule has 13 nitrogen and oxygen atoms in total. The number of rotatable bonds is 6. The van der Waals surface area contributed by atoms with E-state index in [-0.39, 0.29) is 50.4 Å². The van der Waals surface area contributed by atoms with Gasteiger partial charge in [-0.1, -0.05) is 5.16 Å². The van der Waals surface area contributed by atoms with Gasteiger partial charge in [0.15, 0.2) is 27.2 Å². The molecule has 0 unspecified atom stereocenters. The standard InChI is InChI=1S/C11H14N6O7S2.Na/c1-13-9(19)7-6(10(20)17(7)26(21,22)23)15-8(18)5(16-24-2)4-3-25-11(12)14-4;/h3,6-7H,1-2H3,(H2,12,14)(H,13,19)(H,15,18)(H,21,22,23);/q;+1/p-1/b16-5-;/t6-,7-;/m1./s1. The number of likely N-dealkylation sites (N-methyl/N-ethyl adjacent to an activating group) is 1. The molecule has 0 spiro atoms. The molecule has 1 fully saturated rings. The molecular formula is C11H13N6NaO7S2. The Bertz CT molecular complexity index is 886. The van der Waals surface area contributed by atoms with Gasteiger partial charge in [0, 0.05) is 12.4 Å². The fourth-order valence-corrected chi connectivity index (χ4v) is 3.54. The predicted molar refractivity (Wildman–Crippen MR) is 86.4 cm³/mol. The zero-order valence-corrected chi connectivity index (χ0v) is 18.0. The van der Waals surface area contributed by atoms with Crippen LogP contribution in [-0.2, 0) is 29.5 Å². The number of β-lactam (4-membered cyclic amide) rings is 1. The maximum atomic E-state index is 12.4. The van der Waals surface area contributed by atoms with Gasteiger partial charge >= 0.3 is 29.6 Å². The van der Waals surface area contributed by atoms with Crippen LogP contribution in [0.4, 0.5) is 5.13 Å². The first-order chi connectivity index (χ1) is 12.1. The number of oxime groups is 1. The Labute approximate surface area is 179 Å². The van der Waals surface area contributed by atoms with Crippen LogP contribution in [0.2, 0.25) is 0 Å². The average Bonchev–Trinajstić information content (AvgIpc) is 2.98. The van der Waals surface area contributed by atoms with Crippen LogP contribution in [0.1, 0.15) is 5.69 Å². The number of carbonyl (C=O) groups excluding carboxylic acids is 3. The molecule has 0 bridgehead atoms. The normalized spacial score (nSPS) is 19.6. The van der Waals surface area contributed by atoms with Gasteiger partial charge in [0.2, 0.25) is 5.91 Å². The number of carbonyl (C=O) groups is 3. The molecule has 4 N–H and O–H groups in total. The van der Waals surface area contributed by atoms with Crippen molar-refractivity contribution in [3.63, 3.8) is 0 Å². The summed E-state index contributed by atoms with van der Waals surface area (Å²) in [5.41, 5.74) is 5.17. The van der Waals surface area contributed by atoms with E-state index in [1.165, 1.54) is 12.4 Å². The summed E-state index contributed by atoms with van der Waals surface area (Å²) in [4.78, 5) is 44.5. The molecule has 1 aliphatic rings. The second-order valence-corrected chi connectivity index (χ2v) is 6.93. The zero-order valence-electron chi connectivity index (χ0n) is 14.3. The molecule has 1 aromatic rings. The van der Waals surface area contributed by atoms with Crippen molar-refractivity contribution in [2.45, 2.75) is 12.1 Å². The van der Waals surface area contributed by atoms with Crippen LogP contribution in [0.25, 0.3) is 0 Å². The third-order valence-corrected chi connectivity index (χ3v) is 4.82. The van der Waals surface area contributed by atoms with E-state index in [9.17, 15) is 27.4 Å². The first kappa shape index (κ1) is 23.3. The number of nitrogen functional groups attached to an aromatic ring is 1. The zero-order chi connectivity index (χ0) is 19.6. The maximum absolute atomic E-state index is 12.4. The molecule has 1 aromatic heterocycles. The first-order valence-corrected chi connectivity index (χ1v) is 9.00. The number of anilines is 1. The number of aromatic nitrogens is 1. The second-order valence-electron chi connectivity index (χ2n) is 4.80. The molecule has 2 rings (SSSR count). The molecule has 27 heavy (non-hydrogen) atoms. The largest absolute Gasteiger partial charge is 1.00 e. The van der Waals surface area contributed by atoms with Crippen molar-refractivity contribution >= 4 is 50.2 Å². The molecule has 2 atom stereocenters. The fourth-order valence-electron chi connectivity index (χ4n) is 2.16. The Hall–Kier alpha value is -1.78. The van der Waals surface area contributed by atoms with Crippen molar-refractivity contribution < 1.29 is 61.7 Å². The summed E-state index contributed by atoms with van der Waals surface area (Å²) in [7, 11) is -2.89. The molecular weight excluding hydrogens is 415 g/mol. The second kappa shape index (κ2) is 8.94. The molecule has 2 heterocycles. The number of nitrogens with two attached hydrogens (primary N) is 1. The van der Waals surface area contributed by atoms with Gasteiger partial charge in [-0.15, -0.1) is 11.3 Å². The number of nitrogens with one attached hydrogen (secondary N) is 2. The summed E-state index contributed by atoms with van der Waals surface area (Å²) in [5.74, 6) is -3.18. The summed E-state index contributed by atoms with van der Waals surface area (Å²) in [6, 6.07) is -3.30. The fraction of sp³-hybridized carbons (Fsp3) is 0.364. The van der Waals surface area contributed by atoms with Crippen LogP contribution in [0.5, 0.6) is 0 Å². The van der Waals surface area contributed by atoms with E-state index in [1.807, 2.05) is 0 Å². The summed E-state index contributed by atoms with van der Waals surface area (Å²) >= 11 is 1.02. The number of nitrogens with zero attached hydrogens (tertiary/aromatic N) is 3. The molecule has 0 aliphatic carbocycles. The summed E-state index contributed by atoms with van der Waals surface area (Å²) in [6.07, 6.45) is 0. The average molecular weight is 428 g/mol. The van der Waals surface area contributed by atoms with Crippen LogP contribution in [0.15, 0.2) is 10.5 Å². The molecule has 142 valence electrons. The van der Waals surface area contributed by atoms with Gasteiger partial charge in [0.1, 0.15) is 18.8 Å².